The molecule has 0 atom stereocenters. The lowest BCUT2D eigenvalue weighted by molar-refractivity contribution is 0.477. The second-order valence-electron chi connectivity index (χ2n) is 15.8. The maximum Gasteiger partial charge on any atom is 0.149 e. The molecule has 0 aliphatic rings. The summed E-state index contributed by atoms with van der Waals surface area (Å²) in [5, 5.41) is 11.4. The van der Waals surface area contributed by atoms with Gasteiger partial charge in [-0.25, -0.2) is 4.98 Å². The van der Waals surface area contributed by atoms with Crippen LogP contribution in [0.1, 0.15) is 71.9 Å². The molecule has 0 radical (unpaired) electrons. The first-order chi connectivity index (χ1) is 30.5. The van der Waals surface area contributed by atoms with Crippen LogP contribution >= 0.6 is 0 Å². The second-order valence-corrected chi connectivity index (χ2v) is 15.8. The number of nitrogens with zero attached hydrogens (tertiary/aromatic N) is 3. The summed E-state index contributed by atoms with van der Waals surface area (Å²) < 4.78 is 87.5. The Hall–Kier alpha value is -6.26. The van der Waals surface area contributed by atoms with E-state index in [0.29, 0.717) is 28.0 Å². The summed E-state index contributed by atoms with van der Waals surface area (Å²) in [7, 11) is 0. The van der Waals surface area contributed by atoms with Crippen molar-refractivity contribution >= 4 is 11.0 Å². The van der Waals surface area contributed by atoms with E-state index in [4.69, 9.17) is 17.3 Å². The van der Waals surface area contributed by atoms with Gasteiger partial charge in [-0.1, -0.05) is 138 Å². The van der Waals surface area contributed by atoms with E-state index < -0.39 is 65.8 Å². The molecule has 55 heavy (non-hydrogen) atoms. The topological polar surface area (TPSA) is 50.9 Å². The van der Waals surface area contributed by atoms with E-state index in [1.54, 1.807) is 12.1 Å². The summed E-state index contributed by atoms with van der Waals surface area (Å²) in [4.78, 5) is 9.75. The third kappa shape index (κ3) is 6.97. The molecular weight excluding hydrogens is 671 g/mol. The van der Waals surface area contributed by atoms with Crippen molar-refractivity contribution in [3.05, 3.63) is 168 Å². The molecule has 272 valence electrons. The number of fused-ring (bicyclic) bond motifs is 1. The number of aromatic nitrogens is 3. The number of hydrogen-bond donors (Lipinski definition) is 1. The van der Waals surface area contributed by atoms with E-state index in [2.05, 4.69) is 60.7 Å². The molecule has 0 bridgehead atoms. The first-order valence-corrected chi connectivity index (χ1v) is 18.2. The molecule has 2 heterocycles. The molecule has 0 aliphatic heterocycles. The molecule has 6 aromatic carbocycles. The van der Waals surface area contributed by atoms with E-state index in [0.717, 1.165) is 39.0 Å². The van der Waals surface area contributed by atoms with Gasteiger partial charge in [0.05, 0.1) is 37.6 Å². The number of phenolic OH excluding ortho intramolecular Hbond substituents is 1. The molecule has 1 N–H and O–H groups in total. The largest absolute Gasteiger partial charge is 0.507 e. The molecule has 0 unspecified atom stereocenters. The van der Waals surface area contributed by atoms with Gasteiger partial charge in [0.25, 0.3) is 0 Å². The Morgan fingerprint density at radius 2 is 1.35 bits per heavy atom. The van der Waals surface area contributed by atoms with E-state index in [1.165, 1.54) is 0 Å². The number of para-hydroxylation sites is 2. The summed E-state index contributed by atoms with van der Waals surface area (Å²) in [5.74, 6) is 0.578. The Labute approximate surface area is 338 Å². The van der Waals surface area contributed by atoms with Crippen LogP contribution in [-0.2, 0) is 10.8 Å². The van der Waals surface area contributed by atoms with Crippen LogP contribution in [0, 0.1) is 6.85 Å². The van der Waals surface area contributed by atoms with E-state index in [1.807, 2.05) is 87.5 Å². The summed E-state index contributed by atoms with van der Waals surface area (Å²) in [6, 6.07) is 31.2. The Morgan fingerprint density at radius 1 is 0.618 bits per heavy atom. The first-order valence-electron chi connectivity index (χ1n) is 23.2. The Kier molecular flexibility index (Phi) is 6.48. The third-order valence-electron chi connectivity index (χ3n) is 9.83. The second kappa shape index (κ2) is 13.9. The fraction of sp³-hybridized carbons (Fsp3) is 0.176. The van der Waals surface area contributed by atoms with Crippen molar-refractivity contribution in [2.24, 2.45) is 0 Å². The zero-order valence-electron chi connectivity index (χ0n) is 41.7. The molecule has 8 aromatic rings. The van der Waals surface area contributed by atoms with Crippen LogP contribution in [0.25, 0.3) is 72.7 Å². The summed E-state index contributed by atoms with van der Waals surface area (Å²) in [5.41, 5.74) is 6.24. The summed E-state index contributed by atoms with van der Waals surface area (Å²) >= 11 is 0. The van der Waals surface area contributed by atoms with Gasteiger partial charge in [-0.2, -0.15) is 0 Å². The number of imidazole rings is 1. The molecule has 0 aliphatic carbocycles. The summed E-state index contributed by atoms with van der Waals surface area (Å²) in [6.45, 7) is 9.65. The minimum atomic E-state index is -2.96. The van der Waals surface area contributed by atoms with Crippen molar-refractivity contribution in [3.63, 3.8) is 0 Å². The predicted octanol–water partition coefficient (Wildman–Crippen LogP) is 13.4. The van der Waals surface area contributed by atoms with E-state index in [9.17, 15) is 6.48 Å². The van der Waals surface area contributed by atoms with Crippen molar-refractivity contribution < 1.29 is 18.8 Å². The van der Waals surface area contributed by atoms with Crippen LogP contribution in [0.15, 0.2) is 152 Å². The van der Waals surface area contributed by atoms with Crippen LogP contribution in [-0.4, -0.2) is 19.6 Å². The van der Waals surface area contributed by atoms with Crippen LogP contribution in [0.4, 0.5) is 0 Å². The predicted molar refractivity (Wildman–Crippen MR) is 230 cm³/mol. The van der Waals surface area contributed by atoms with Crippen molar-refractivity contribution in [2.45, 2.75) is 59.2 Å². The van der Waals surface area contributed by atoms with Gasteiger partial charge in [0.1, 0.15) is 11.6 Å². The first kappa shape index (κ1) is 25.7. The molecule has 8 rings (SSSR count). The number of benzene rings is 6. The van der Waals surface area contributed by atoms with Crippen LogP contribution in [0.3, 0.4) is 0 Å². The minimum absolute atomic E-state index is 0.0361. The Balaban J connectivity index is 1.41. The van der Waals surface area contributed by atoms with E-state index >= 15 is 0 Å². The van der Waals surface area contributed by atoms with Crippen molar-refractivity contribution in [3.8, 4) is 67.5 Å². The monoisotopic (exact) mass is 727 g/mol. The molecular formula is C51H47N3O. The lowest BCUT2D eigenvalue weighted by Crippen LogP contribution is -2.16. The quantitative estimate of drug-likeness (QED) is 0.186. The molecule has 0 spiro atoms. The van der Waals surface area contributed by atoms with Crippen molar-refractivity contribution in [1.82, 2.24) is 14.5 Å². The highest BCUT2D eigenvalue weighted by Crippen LogP contribution is 2.42. The zero-order valence-corrected chi connectivity index (χ0v) is 31.7. The minimum Gasteiger partial charge on any atom is -0.507 e. The SMILES string of the molecule is [2H]c1nc(-c2cc(-c3cccc4c3nc(-c3ccccc3O)n4-c3ccc(-c4ccccc4)cc3C(C)(C)C)cc(C(C)(C)C)c2)c([2H])c(-c2c([2H])c([2H])c(C([2H])([2H])[2H])c([2H])c2[2H])c1[2H]. The van der Waals surface area contributed by atoms with Crippen LogP contribution in [0.5, 0.6) is 5.75 Å². The van der Waals surface area contributed by atoms with Crippen molar-refractivity contribution in [1.29, 1.82) is 0 Å². The smallest absolute Gasteiger partial charge is 0.149 e. The lowest BCUT2D eigenvalue weighted by atomic mass is 9.83. The van der Waals surface area contributed by atoms with Crippen LogP contribution in [0.2, 0.25) is 0 Å². The number of pyridine rings is 1. The van der Waals surface area contributed by atoms with Crippen LogP contribution < -0.4 is 0 Å². The highest BCUT2D eigenvalue weighted by Gasteiger charge is 2.26. The Bertz CT molecular complexity index is 3170. The van der Waals surface area contributed by atoms with Gasteiger partial charge in [-0.3, -0.25) is 9.55 Å². The molecule has 4 heteroatoms. The highest BCUT2D eigenvalue weighted by molar-refractivity contribution is 5.97. The lowest BCUT2D eigenvalue weighted by Gasteiger charge is -2.25. The average Bonchev–Trinajstić information content (AvgIpc) is 3.64. The molecule has 0 saturated heterocycles. The van der Waals surface area contributed by atoms with Gasteiger partial charge in [-0.05, 0) is 111 Å². The number of phenols is 1. The molecule has 4 nitrogen and oxygen atoms in total. The number of rotatable bonds is 6. The fourth-order valence-electron chi connectivity index (χ4n) is 6.93. The summed E-state index contributed by atoms with van der Waals surface area (Å²) in [6.07, 6.45) is -0.563. The maximum absolute atomic E-state index is 11.4. The maximum atomic E-state index is 11.4. The van der Waals surface area contributed by atoms with Gasteiger partial charge in [-0.15, -0.1) is 0 Å². The van der Waals surface area contributed by atoms with Gasteiger partial charge in [0.15, 0.2) is 0 Å². The van der Waals surface area contributed by atoms with Crippen molar-refractivity contribution in [2.75, 3.05) is 0 Å². The molecule has 0 amide bonds. The highest BCUT2D eigenvalue weighted by atomic mass is 16.3. The van der Waals surface area contributed by atoms with E-state index in [-0.39, 0.29) is 22.4 Å². The normalized spacial score (nSPS) is 14.8. The fourth-order valence-corrected chi connectivity index (χ4v) is 6.93. The number of aromatic hydroxyl groups is 1. The van der Waals surface area contributed by atoms with Gasteiger partial charge < -0.3 is 5.11 Å². The third-order valence-corrected chi connectivity index (χ3v) is 9.83. The van der Waals surface area contributed by atoms with Gasteiger partial charge in [0, 0.05) is 21.4 Å². The standard InChI is InChI=1S/C51H47N3O/c1-33-20-22-35(23-21-33)37-26-27-52-44(32-37)39-28-38(29-40(30-39)50(2,3)4)41-17-13-18-46-48(41)53-49(42-16-11-12-19-47(42)55)54(46)45-25-24-36(31-43(45)51(5,6)7)34-14-9-8-10-15-34/h8-32,55H,1-7H3/i1D3,20D,21D,22D,23D,26D,27D,32D. The zero-order chi connectivity index (χ0) is 47.1. The van der Waals surface area contributed by atoms with Gasteiger partial charge in [0.2, 0.25) is 0 Å². The molecule has 0 saturated carbocycles. The number of hydrogen-bond acceptors (Lipinski definition) is 3. The molecule has 0 fully saturated rings. The Morgan fingerprint density at radius 3 is 2.07 bits per heavy atom. The average molecular weight is 728 g/mol. The van der Waals surface area contributed by atoms with Gasteiger partial charge >= 0.3 is 0 Å². The molecule has 2 aromatic heterocycles.